The van der Waals surface area contributed by atoms with Gasteiger partial charge in [0.2, 0.25) is 0 Å². The summed E-state index contributed by atoms with van der Waals surface area (Å²) < 4.78 is 5.52. The molecule has 0 unspecified atom stereocenters. The van der Waals surface area contributed by atoms with Crippen molar-refractivity contribution in [2.24, 2.45) is 0 Å². The van der Waals surface area contributed by atoms with Crippen LogP contribution in [0, 0.1) is 6.92 Å². The van der Waals surface area contributed by atoms with Gasteiger partial charge in [-0.15, -0.1) is 0 Å². The topological polar surface area (TPSA) is 33.3 Å². The van der Waals surface area contributed by atoms with Crippen LogP contribution in [0.2, 0.25) is 0 Å². The third-order valence-corrected chi connectivity index (χ3v) is 3.68. The number of thiocarbonyl (C=S) groups is 1. The molecule has 0 aromatic heterocycles. The van der Waals surface area contributed by atoms with Crippen LogP contribution in [0.25, 0.3) is 0 Å². The number of rotatable bonds is 6. The Morgan fingerprint density at radius 1 is 1.26 bits per heavy atom. The zero-order valence-corrected chi connectivity index (χ0v) is 14.3. The van der Waals surface area contributed by atoms with Crippen LogP contribution in [0.5, 0.6) is 5.75 Å². The van der Waals surface area contributed by atoms with E-state index >= 15 is 0 Å². The van der Waals surface area contributed by atoms with Crippen molar-refractivity contribution >= 4 is 23.0 Å². The Morgan fingerprint density at radius 2 is 2.04 bits per heavy atom. The maximum Gasteiger partial charge on any atom is 0.171 e. The summed E-state index contributed by atoms with van der Waals surface area (Å²) in [7, 11) is 0. The minimum Gasteiger partial charge on any atom is -0.489 e. The second-order valence-electron chi connectivity index (χ2n) is 5.30. The number of hydrogen-bond acceptors (Lipinski definition) is 2. The number of ether oxygens (including phenoxy) is 1. The molecule has 0 saturated carbocycles. The van der Waals surface area contributed by atoms with E-state index in [0.717, 1.165) is 11.4 Å². The van der Waals surface area contributed by atoms with E-state index in [-0.39, 0.29) is 6.04 Å². The van der Waals surface area contributed by atoms with Crippen molar-refractivity contribution in [3.8, 4) is 5.75 Å². The largest absolute Gasteiger partial charge is 0.489 e. The molecule has 2 rings (SSSR count). The van der Waals surface area contributed by atoms with E-state index in [1.165, 1.54) is 11.1 Å². The minimum absolute atomic E-state index is 0.136. The average molecular weight is 326 g/mol. The molecule has 0 heterocycles. The van der Waals surface area contributed by atoms with Gasteiger partial charge in [-0.3, -0.25) is 0 Å². The molecule has 2 aromatic carbocycles. The molecule has 2 aromatic rings. The molecule has 0 amide bonds. The highest BCUT2D eigenvalue weighted by Crippen LogP contribution is 2.19. The first kappa shape index (κ1) is 17.0. The molecule has 120 valence electrons. The number of anilines is 1. The quantitative estimate of drug-likeness (QED) is 0.600. The van der Waals surface area contributed by atoms with Gasteiger partial charge in [-0.05, 0) is 49.3 Å². The summed E-state index contributed by atoms with van der Waals surface area (Å²) in [6.45, 7) is 8.33. The lowest BCUT2D eigenvalue weighted by atomic mass is 10.0. The summed E-state index contributed by atoms with van der Waals surface area (Å²) in [5, 5.41) is 7.09. The molecule has 0 radical (unpaired) electrons. The molecule has 3 nitrogen and oxygen atoms in total. The van der Waals surface area contributed by atoms with Crippen LogP contribution in [0.1, 0.15) is 24.1 Å². The van der Waals surface area contributed by atoms with Gasteiger partial charge in [-0.2, -0.15) is 0 Å². The summed E-state index contributed by atoms with van der Waals surface area (Å²) in [5.41, 5.74) is 3.37. The monoisotopic (exact) mass is 326 g/mol. The number of hydrogen-bond donors (Lipinski definition) is 2. The van der Waals surface area contributed by atoms with Crippen LogP contribution in [-0.2, 0) is 0 Å². The summed E-state index contributed by atoms with van der Waals surface area (Å²) in [4.78, 5) is 0. The summed E-state index contributed by atoms with van der Waals surface area (Å²) >= 11 is 5.41. The Morgan fingerprint density at radius 3 is 2.78 bits per heavy atom. The van der Waals surface area contributed by atoms with Gasteiger partial charge in [-0.1, -0.05) is 43.0 Å². The smallest absolute Gasteiger partial charge is 0.171 e. The predicted molar refractivity (Wildman–Crippen MR) is 101 cm³/mol. The Kier molecular flexibility index (Phi) is 6.18. The van der Waals surface area contributed by atoms with Crippen molar-refractivity contribution in [2.45, 2.75) is 19.9 Å². The fraction of sp³-hybridized carbons (Fsp3) is 0.211. The normalized spacial score (nSPS) is 11.4. The van der Waals surface area contributed by atoms with Crippen LogP contribution in [0.3, 0.4) is 0 Å². The lowest BCUT2D eigenvalue weighted by Gasteiger charge is -2.19. The molecular formula is C19H22N2OS. The third kappa shape index (κ3) is 5.11. The first-order valence-electron chi connectivity index (χ1n) is 7.57. The van der Waals surface area contributed by atoms with Gasteiger partial charge in [0.1, 0.15) is 12.4 Å². The van der Waals surface area contributed by atoms with Crippen LogP contribution in [-0.4, -0.2) is 11.7 Å². The van der Waals surface area contributed by atoms with Crippen LogP contribution in [0.4, 0.5) is 5.69 Å². The molecule has 0 spiro atoms. The van der Waals surface area contributed by atoms with E-state index in [1.807, 2.05) is 36.4 Å². The van der Waals surface area contributed by atoms with Gasteiger partial charge in [0.15, 0.2) is 5.11 Å². The highest BCUT2D eigenvalue weighted by molar-refractivity contribution is 7.80. The second-order valence-corrected chi connectivity index (χ2v) is 5.71. The lowest BCUT2D eigenvalue weighted by molar-refractivity contribution is 0.363. The molecule has 23 heavy (non-hydrogen) atoms. The van der Waals surface area contributed by atoms with Gasteiger partial charge >= 0.3 is 0 Å². The van der Waals surface area contributed by atoms with Gasteiger partial charge in [-0.25, -0.2) is 0 Å². The van der Waals surface area contributed by atoms with E-state index in [0.29, 0.717) is 11.7 Å². The lowest BCUT2D eigenvalue weighted by Crippen LogP contribution is -2.31. The number of aryl methyl sites for hydroxylation is 1. The fourth-order valence-corrected chi connectivity index (χ4v) is 2.63. The highest BCUT2D eigenvalue weighted by Gasteiger charge is 2.09. The molecular weight excluding hydrogens is 304 g/mol. The van der Waals surface area contributed by atoms with E-state index < -0.39 is 0 Å². The Balaban J connectivity index is 1.97. The molecule has 0 fully saturated rings. The molecule has 4 heteroatoms. The van der Waals surface area contributed by atoms with Crippen molar-refractivity contribution in [3.05, 3.63) is 72.3 Å². The van der Waals surface area contributed by atoms with Crippen molar-refractivity contribution in [1.82, 2.24) is 5.32 Å². The van der Waals surface area contributed by atoms with Gasteiger partial charge in [0.05, 0.1) is 6.04 Å². The standard InChI is InChI=1S/C19H22N2OS/c1-4-12-22-17-10-7-9-16(13-17)21-19(23)20-15(3)18-11-6-5-8-14(18)2/h4-11,13,15H,1,12H2,2-3H3,(H2,20,21,23)/t15-/m0/s1. The fourth-order valence-electron chi connectivity index (χ4n) is 2.33. The first-order chi connectivity index (χ1) is 11.1. The van der Waals surface area contributed by atoms with E-state index in [9.17, 15) is 0 Å². The number of benzene rings is 2. The van der Waals surface area contributed by atoms with Gasteiger partial charge in [0.25, 0.3) is 0 Å². The molecule has 0 aliphatic carbocycles. The van der Waals surface area contributed by atoms with E-state index in [4.69, 9.17) is 17.0 Å². The minimum atomic E-state index is 0.136. The molecule has 0 saturated heterocycles. The van der Waals surface area contributed by atoms with Crippen LogP contribution >= 0.6 is 12.2 Å². The average Bonchev–Trinajstić information content (AvgIpc) is 2.53. The summed E-state index contributed by atoms with van der Waals surface area (Å²) in [5.74, 6) is 0.782. The summed E-state index contributed by atoms with van der Waals surface area (Å²) in [6.07, 6.45) is 1.72. The SMILES string of the molecule is C=CCOc1cccc(NC(=S)N[C@@H](C)c2ccccc2C)c1. The Labute approximate surface area is 143 Å². The van der Waals surface area contributed by atoms with Crippen molar-refractivity contribution < 1.29 is 4.74 Å². The zero-order valence-electron chi connectivity index (χ0n) is 13.5. The molecule has 0 bridgehead atoms. The van der Waals surface area contributed by atoms with Gasteiger partial charge < -0.3 is 15.4 Å². The zero-order chi connectivity index (χ0) is 16.7. The van der Waals surface area contributed by atoms with Gasteiger partial charge in [0, 0.05) is 11.8 Å². The molecule has 1 atom stereocenters. The maximum absolute atomic E-state index is 5.52. The van der Waals surface area contributed by atoms with Crippen molar-refractivity contribution in [3.63, 3.8) is 0 Å². The van der Waals surface area contributed by atoms with Crippen LogP contribution in [0.15, 0.2) is 61.2 Å². The van der Waals surface area contributed by atoms with Crippen molar-refractivity contribution in [1.29, 1.82) is 0 Å². The molecule has 2 N–H and O–H groups in total. The predicted octanol–water partition coefficient (Wildman–Crippen LogP) is 4.61. The second kappa shape index (κ2) is 8.34. The Bertz CT molecular complexity index is 685. The number of nitrogens with one attached hydrogen (secondary N) is 2. The van der Waals surface area contributed by atoms with E-state index in [2.05, 4.69) is 43.2 Å². The van der Waals surface area contributed by atoms with Crippen molar-refractivity contribution in [2.75, 3.05) is 11.9 Å². The molecule has 0 aliphatic heterocycles. The third-order valence-electron chi connectivity index (χ3n) is 3.46. The Hall–Kier alpha value is -2.33. The van der Waals surface area contributed by atoms with Crippen LogP contribution < -0.4 is 15.4 Å². The molecule has 0 aliphatic rings. The summed E-state index contributed by atoms with van der Waals surface area (Å²) in [6, 6.07) is 16.1. The highest BCUT2D eigenvalue weighted by atomic mass is 32.1. The van der Waals surface area contributed by atoms with E-state index in [1.54, 1.807) is 6.08 Å². The first-order valence-corrected chi connectivity index (χ1v) is 7.98. The maximum atomic E-state index is 5.52.